The smallest absolute Gasteiger partial charge is 0.0670 e. The Morgan fingerprint density at radius 3 is 2.71 bits per heavy atom. The predicted molar refractivity (Wildman–Crippen MR) is 61.2 cm³/mol. The fourth-order valence-corrected chi connectivity index (χ4v) is 2.98. The molecule has 70 valence electrons. The summed E-state index contributed by atoms with van der Waals surface area (Å²) in [5.41, 5.74) is 0.958. The summed E-state index contributed by atoms with van der Waals surface area (Å²) < 4.78 is 0.962. The van der Waals surface area contributed by atoms with Crippen LogP contribution < -0.4 is 0 Å². The monoisotopic (exact) mass is 241 g/mol. The van der Waals surface area contributed by atoms with Gasteiger partial charge in [0, 0.05) is 10.4 Å². The summed E-state index contributed by atoms with van der Waals surface area (Å²) >= 11 is 13.6. The molecule has 0 radical (unpaired) electrons. The molecule has 2 rings (SSSR count). The number of rotatable bonds is 1. The highest BCUT2D eigenvalue weighted by Gasteiger charge is 2.10. The lowest BCUT2D eigenvalue weighted by molar-refractivity contribution is 1.30. The van der Waals surface area contributed by atoms with Gasteiger partial charge in [-0.1, -0.05) is 23.2 Å². The van der Waals surface area contributed by atoms with E-state index in [2.05, 4.69) is 6.07 Å². The lowest BCUT2D eigenvalue weighted by Gasteiger charge is -1.98. The third-order valence-electron chi connectivity index (χ3n) is 1.97. The number of hydrogen-bond acceptors (Lipinski definition) is 2. The third-order valence-corrected chi connectivity index (χ3v) is 3.77. The zero-order chi connectivity index (χ0) is 10.1. The van der Waals surface area contributed by atoms with Gasteiger partial charge in [-0.3, -0.25) is 0 Å². The van der Waals surface area contributed by atoms with Gasteiger partial charge in [-0.05, 0) is 23.1 Å². The van der Waals surface area contributed by atoms with Gasteiger partial charge < -0.3 is 0 Å². The standard InChI is InChI=1S/C10H5Cl2NS/c11-7-1-2-8(12)10-9(7)6(3-4-13)5-14-10/h1-2,5H,3H2. The van der Waals surface area contributed by atoms with Crippen molar-refractivity contribution in [3.63, 3.8) is 0 Å². The van der Waals surface area contributed by atoms with Crippen LogP contribution in [0.1, 0.15) is 5.56 Å². The van der Waals surface area contributed by atoms with Crippen LogP contribution in [0.25, 0.3) is 10.1 Å². The van der Waals surface area contributed by atoms with Crippen LogP contribution in [0.3, 0.4) is 0 Å². The molecule has 0 saturated carbocycles. The fourth-order valence-electron chi connectivity index (χ4n) is 1.35. The van der Waals surface area contributed by atoms with E-state index in [-0.39, 0.29) is 0 Å². The summed E-state index contributed by atoms with van der Waals surface area (Å²) in [5, 5.41) is 12.9. The van der Waals surface area contributed by atoms with Crippen molar-refractivity contribution >= 4 is 44.6 Å². The molecule has 1 heterocycles. The molecule has 0 fully saturated rings. The Bertz CT molecular complexity index is 525. The Kier molecular flexibility index (Phi) is 2.64. The molecule has 0 aliphatic carbocycles. The van der Waals surface area contributed by atoms with E-state index in [1.165, 1.54) is 11.3 Å². The van der Waals surface area contributed by atoms with Gasteiger partial charge in [0.2, 0.25) is 0 Å². The summed E-state index contributed by atoms with van der Waals surface area (Å²) in [6, 6.07) is 5.65. The molecule has 0 N–H and O–H groups in total. The molecule has 0 aliphatic rings. The molecule has 0 aliphatic heterocycles. The van der Waals surface area contributed by atoms with Crippen molar-refractivity contribution in [2.24, 2.45) is 0 Å². The van der Waals surface area contributed by atoms with Gasteiger partial charge in [0.05, 0.1) is 22.2 Å². The minimum absolute atomic E-state index is 0.375. The molecule has 0 unspecified atom stereocenters. The molecule has 2 aromatic rings. The fraction of sp³-hybridized carbons (Fsp3) is 0.100. The summed E-state index contributed by atoms with van der Waals surface area (Å²) in [5.74, 6) is 0. The first-order chi connectivity index (χ1) is 6.74. The van der Waals surface area contributed by atoms with Crippen molar-refractivity contribution in [3.05, 3.63) is 33.1 Å². The van der Waals surface area contributed by atoms with E-state index < -0.39 is 0 Å². The van der Waals surface area contributed by atoms with Crippen LogP contribution in [0.2, 0.25) is 10.0 Å². The maximum Gasteiger partial charge on any atom is 0.0670 e. The summed E-state index contributed by atoms with van der Waals surface area (Å²) in [6.45, 7) is 0. The number of benzene rings is 1. The first-order valence-corrected chi connectivity index (χ1v) is 5.58. The van der Waals surface area contributed by atoms with E-state index >= 15 is 0 Å². The zero-order valence-electron chi connectivity index (χ0n) is 7.05. The van der Waals surface area contributed by atoms with Gasteiger partial charge in [-0.25, -0.2) is 0 Å². The molecule has 14 heavy (non-hydrogen) atoms. The summed E-state index contributed by atoms with van der Waals surface area (Å²) in [4.78, 5) is 0. The molecule has 0 saturated heterocycles. The second kappa shape index (κ2) is 3.78. The van der Waals surface area contributed by atoms with Gasteiger partial charge >= 0.3 is 0 Å². The zero-order valence-corrected chi connectivity index (χ0v) is 9.38. The van der Waals surface area contributed by atoms with Crippen LogP contribution >= 0.6 is 34.5 Å². The minimum Gasteiger partial charge on any atom is -0.198 e. The van der Waals surface area contributed by atoms with E-state index in [9.17, 15) is 0 Å². The predicted octanol–water partition coefficient (Wildman–Crippen LogP) is 4.27. The Morgan fingerprint density at radius 2 is 2.00 bits per heavy atom. The van der Waals surface area contributed by atoms with Crippen LogP contribution in [0.4, 0.5) is 0 Å². The van der Waals surface area contributed by atoms with E-state index in [4.69, 9.17) is 28.5 Å². The van der Waals surface area contributed by atoms with E-state index in [0.29, 0.717) is 16.5 Å². The lowest BCUT2D eigenvalue weighted by atomic mass is 10.1. The Balaban J connectivity index is 2.78. The van der Waals surface area contributed by atoms with Crippen LogP contribution in [0.15, 0.2) is 17.5 Å². The number of nitriles is 1. The van der Waals surface area contributed by atoms with Crippen molar-refractivity contribution in [2.75, 3.05) is 0 Å². The van der Waals surface area contributed by atoms with Crippen molar-refractivity contribution < 1.29 is 0 Å². The number of halogens is 2. The van der Waals surface area contributed by atoms with Gasteiger partial charge in [0.1, 0.15) is 0 Å². The highest BCUT2D eigenvalue weighted by Crippen LogP contribution is 2.37. The second-order valence-corrected chi connectivity index (χ2v) is 4.52. The van der Waals surface area contributed by atoms with Crippen molar-refractivity contribution in [1.29, 1.82) is 5.26 Å². The Hall–Kier alpha value is -0.750. The number of thiophene rings is 1. The Morgan fingerprint density at radius 1 is 1.29 bits per heavy atom. The molecule has 0 spiro atoms. The first-order valence-electron chi connectivity index (χ1n) is 3.95. The molecule has 1 aromatic heterocycles. The van der Waals surface area contributed by atoms with E-state index in [1.807, 2.05) is 5.38 Å². The molecule has 4 heteroatoms. The van der Waals surface area contributed by atoms with Crippen molar-refractivity contribution in [1.82, 2.24) is 0 Å². The van der Waals surface area contributed by atoms with Crippen LogP contribution in [0, 0.1) is 11.3 Å². The van der Waals surface area contributed by atoms with Crippen molar-refractivity contribution in [3.8, 4) is 6.07 Å². The molecule has 0 bridgehead atoms. The third kappa shape index (κ3) is 1.48. The maximum absolute atomic E-state index is 8.64. The molecule has 1 nitrogen and oxygen atoms in total. The van der Waals surface area contributed by atoms with Gasteiger partial charge in [-0.15, -0.1) is 11.3 Å². The van der Waals surface area contributed by atoms with Gasteiger partial charge in [0.15, 0.2) is 0 Å². The quantitative estimate of drug-likeness (QED) is 0.732. The maximum atomic E-state index is 8.64. The highest BCUT2D eigenvalue weighted by atomic mass is 35.5. The highest BCUT2D eigenvalue weighted by molar-refractivity contribution is 7.18. The minimum atomic E-state index is 0.375. The molecule has 1 aromatic carbocycles. The molecular formula is C10H5Cl2NS. The van der Waals surface area contributed by atoms with Crippen molar-refractivity contribution in [2.45, 2.75) is 6.42 Å². The van der Waals surface area contributed by atoms with Gasteiger partial charge in [-0.2, -0.15) is 5.26 Å². The number of fused-ring (bicyclic) bond motifs is 1. The van der Waals surface area contributed by atoms with Crippen LogP contribution in [-0.2, 0) is 6.42 Å². The lowest BCUT2D eigenvalue weighted by Crippen LogP contribution is -1.78. The first kappa shape index (κ1) is 9.79. The van der Waals surface area contributed by atoms with E-state index in [1.54, 1.807) is 12.1 Å². The van der Waals surface area contributed by atoms with Crippen LogP contribution in [-0.4, -0.2) is 0 Å². The molecule has 0 amide bonds. The topological polar surface area (TPSA) is 23.8 Å². The van der Waals surface area contributed by atoms with Gasteiger partial charge in [0.25, 0.3) is 0 Å². The summed E-state index contributed by atoms with van der Waals surface area (Å²) in [7, 11) is 0. The Labute approximate surface area is 95.5 Å². The number of hydrogen-bond donors (Lipinski definition) is 0. The second-order valence-electron chi connectivity index (χ2n) is 2.83. The average molecular weight is 242 g/mol. The molecular weight excluding hydrogens is 237 g/mol. The average Bonchev–Trinajstić information content (AvgIpc) is 2.58. The van der Waals surface area contributed by atoms with Crippen LogP contribution in [0.5, 0.6) is 0 Å². The molecule has 0 atom stereocenters. The number of nitrogens with zero attached hydrogens (tertiary/aromatic N) is 1. The van der Waals surface area contributed by atoms with E-state index in [0.717, 1.165) is 15.6 Å². The normalized spacial score (nSPS) is 10.4. The SMILES string of the molecule is N#CCc1csc2c(Cl)ccc(Cl)c12. The summed E-state index contributed by atoms with van der Waals surface area (Å²) in [6.07, 6.45) is 0.375. The largest absolute Gasteiger partial charge is 0.198 e.